The van der Waals surface area contributed by atoms with Gasteiger partial charge in [0.2, 0.25) is 0 Å². The van der Waals surface area contributed by atoms with Gasteiger partial charge >= 0.3 is 11.9 Å². The van der Waals surface area contributed by atoms with E-state index in [0.29, 0.717) is 30.3 Å². The highest BCUT2D eigenvalue weighted by molar-refractivity contribution is 5.90. The Kier molecular flexibility index (Phi) is 17.8. The fourth-order valence-electron chi connectivity index (χ4n) is 4.81. The molecule has 0 fully saturated rings. The Morgan fingerprint density at radius 3 is 1.55 bits per heavy atom. The van der Waals surface area contributed by atoms with Crippen molar-refractivity contribution in [2.24, 2.45) is 5.92 Å². The first-order chi connectivity index (χ1) is 19.5. The standard InChI is InChI=1S/C36H54O4/c1-4-5-6-7-8-9-10-11-12-13-14-15-16-17-18-19-35(37)40-34-26-24-32(25-27-34)31-20-22-33(23-21-31)36(38)39-29-28-30(2)3/h20-27,30H,4-19,28-29H2,1-3H3. The molecule has 2 rings (SSSR count). The van der Waals surface area contributed by atoms with Crippen LogP contribution in [0.4, 0.5) is 0 Å². The molecule has 0 atom stereocenters. The van der Waals surface area contributed by atoms with Crippen molar-refractivity contribution in [3.8, 4) is 16.9 Å². The second kappa shape index (κ2) is 21.2. The summed E-state index contributed by atoms with van der Waals surface area (Å²) < 4.78 is 10.9. The lowest BCUT2D eigenvalue weighted by Crippen LogP contribution is -2.08. The van der Waals surface area contributed by atoms with Gasteiger partial charge in [0.05, 0.1) is 12.2 Å². The van der Waals surface area contributed by atoms with Gasteiger partial charge in [-0.05, 0) is 54.2 Å². The lowest BCUT2D eigenvalue weighted by Gasteiger charge is -2.08. The van der Waals surface area contributed by atoms with Crippen LogP contribution in [0.15, 0.2) is 48.5 Å². The van der Waals surface area contributed by atoms with Crippen molar-refractivity contribution in [1.82, 2.24) is 0 Å². The Labute approximate surface area is 244 Å². The van der Waals surface area contributed by atoms with E-state index < -0.39 is 0 Å². The molecule has 222 valence electrons. The largest absolute Gasteiger partial charge is 0.462 e. The van der Waals surface area contributed by atoms with E-state index in [9.17, 15) is 9.59 Å². The first-order valence-electron chi connectivity index (χ1n) is 16.1. The molecule has 0 aromatic heterocycles. The predicted molar refractivity (Wildman–Crippen MR) is 167 cm³/mol. The van der Waals surface area contributed by atoms with E-state index in [4.69, 9.17) is 9.47 Å². The third-order valence-electron chi connectivity index (χ3n) is 7.45. The van der Waals surface area contributed by atoms with E-state index in [1.165, 1.54) is 83.5 Å². The van der Waals surface area contributed by atoms with Gasteiger partial charge in [-0.1, -0.05) is 135 Å². The monoisotopic (exact) mass is 550 g/mol. The zero-order valence-corrected chi connectivity index (χ0v) is 25.6. The molecule has 0 N–H and O–H groups in total. The maximum atomic E-state index is 12.2. The molecule has 0 heterocycles. The number of hydrogen-bond donors (Lipinski definition) is 0. The molecule has 40 heavy (non-hydrogen) atoms. The van der Waals surface area contributed by atoms with E-state index >= 15 is 0 Å². The molecule has 0 aliphatic carbocycles. The minimum absolute atomic E-state index is 0.164. The van der Waals surface area contributed by atoms with E-state index in [2.05, 4.69) is 20.8 Å². The summed E-state index contributed by atoms with van der Waals surface area (Å²) in [5, 5.41) is 0. The van der Waals surface area contributed by atoms with Gasteiger partial charge in [0.1, 0.15) is 5.75 Å². The van der Waals surface area contributed by atoms with Crippen molar-refractivity contribution in [2.75, 3.05) is 6.61 Å². The fraction of sp³-hybridized carbons (Fsp3) is 0.611. The van der Waals surface area contributed by atoms with E-state index in [1.54, 1.807) is 12.1 Å². The molecule has 0 spiro atoms. The number of unbranched alkanes of at least 4 members (excludes halogenated alkanes) is 14. The second-order valence-corrected chi connectivity index (χ2v) is 11.6. The Bertz CT molecular complexity index is 930. The van der Waals surface area contributed by atoms with Crippen molar-refractivity contribution >= 4 is 11.9 Å². The van der Waals surface area contributed by atoms with Crippen molar-refractivity contribution in [1.29, 1.82) is 0 Å². The average Bonchev–Trinajstić information content (AvgIpc) is 2.95. The van der Waals surface area contributed by atoms with Gasteiger partial charge in [0, 0.05) is 6.42 Å². The summed E-state index contributed by atoms with van der Waals surface area (Å²) in [6.45, 7) is 6.93. The van der Waals surface area contributed by atoms with E-state index in [1.807, 2.05) is 36.4 Å². The average molecular weight is 551 g/mol. The van der Waals surface area contributed by atoms with E-state index in [-0.39, 0.29) is 11.9 Å². The van der Waals surface area contributed by atoms with Crippen molar-refractivity contribution in [2.45, 2.75) is 130 Å². The molecule has 0 saturated carbocycles. The Hall–Kier alpha value is -2.62. The van der Waals surface area contributed by atoms with Gasteiger partial charge in [0.25, 0.3) is 0 Å². The molecule has 0 radical (unpaired) electrons. The lowest BCUT2D eigenvalue weighted by atomic mass is 10.0. The molecule has 0 unspecified atom stereocenters. The molecule has 0 amide bonds. The summed E-state index contributed by atoms with van der Waals surface area (Å²) in [5.74, 6) is 0.623. The van der Waals surface area contributed by atoms with Crippen LogP contribution in [0.5, 0.6) is 5.75 Å². The zero-order chi connectivity index (χ0) is 28.8. The van der Waals surface area contributed by atoms with Gasteiger partial charge in [-0.25, -0.2) is 4.79 Å². The lowest BCUT2D eigenvalue weighted by molar-refractivity contribution is -0.134. The van der Waals surface area contributed by atoms with Crippen molar-refractivity contribution < 1.29 is 19.1 Å². The van der Waals surface area contributed by atoms with Crippen LogP contribution in [0.25, 0.3) is 11.1 Å². The number of benzene rings is 2. The normalized spacial score (nSPS) is 11.1. The summed E-state index contributed by atoms with van der Waals surface area (Å²) in [6, 6.07) is 14.9. The molecule has 0 bridgehead atoms. The molecule has 2 aromatic rings. The second-order valence-electron chi connectivity index (χ2n) is 11.6. The quantitative estimate of drug-likeness (QED) is 0.0831. The van der Waals surface area contributed by atoms with E-state index in [0.717, 1.165) is 30.4 Å². The summed E-state index contributed by atoms with van der Waals surface area (Å²) in [6.07, 6.45) is 21.0. The first kappa shape index (κ1) is 33.6. The maximum Gasteiger partial charge on any atom is 0.338 e. The number of rotatable bonds is 22. The highest BCUT2D eigenvalue weighted by atomic mass is 16.5. The van der Waals surface area contributed by atoms with Gasteiger partial charge in [-0.2, -0.15) is 0 Å². The summed E-state index contributed by atoms with van der Waals surface area (Å²) in [4.78, 5) is 24.4. The molecular weight excluding hydrogens is 496 g/mol. The number of carbonyl (C=O) groups excluding carboxylic acids is 2. The van der Waals surface area contributed by atoms with Gasteiger partial charge in [0.15, 0.2) is 0 Å². The molecule has 4 nitrogen and oxygen atoms in total. The summed E-state index contributed by atoms with van der Waals surface area (Å²) >= 11 is 0. The number of hydrogen-bond acceptors (Lipinski definition) is 4. The highest BCUT2D eigenvalue weighted by Crippen LogP contribution is 2.24. The minimum Gasteiger partial charge on any atom is -0.462 e. The van der Waals surface area contributed by atoms with Crippen LogP contribution >= 0.6 is 0 Å². The Balaban J connectivity index is 1.53. The van der Waals surface area contributed by atoms with Crippen molar-refractivity contribution in [3.05, 3.63) is 54.1 Å². The molecule has 0 aliphatic heterocycles. The smallest absolute Gasteiger partial charge is 0.338 e. The third kappa shape index (κ3) is 15.2. The molecule has 0 saturated heterocycles. The van der Waals surface area contributed by atoms with Crippen LogP contribution in [0, 0.1) is 5.92 Å². The molecule has 2 aromatic carbocycles. The maximum absolute atomic E-state index is 12.2. The zero-order valence-electron chi connectivity index (χ0n) is 25.6. The Morgan fingerprint density at radius 1 is 0.625 bits per heavy atom. The van der Waals surface area contributed by atoms with Crippen LogP contribution in [-0.2, 0) is 9.53 Å². The van der Waals surface area contributed by atoms with Gasteiger partial charge < -0.3 is 9.47 Å². The minimum atomic E-state index is -0.288. The highest BCUT2D eigenvalue weighted by Gasteiger charge is 2.09. The predicted octanol–water partition coefficient (Wildman–Crippen LogP) is 10.7. The van der Waals surface area contributed by atoms with Gasteiger partial charge in [-0.3, -0.25) is 4.79 Å². The molecule has 0 aliphatic rings. The number of esters is 2. The fourth-order valence-corrected chi connectivity index (χ4v) is 4.81. The first-order valence-corrected chi connectivity index (χ1v) is 16.1. The number of ether oxygens (including phenoxy) is 2. The molecular formula is C36H54O4. The summed E-state index contributed by atoms with van der Waals surface area (Å²) in [7, 11) is 0. The van der Waals surface area contributed by atoms with Crippen molar-refractivity contribution in [3.63, 3.8) is 0 Å². The van der Waals surface area contributed by atoms with Gasteiger partial charge in [-0.15, -0.1) is 0 Å². The van der Waals surface area contributed by atoms with Crippen LogP contribution in [0.3, 0.4) is 0 Å². The summed E-state index contributed by atoms with van der Waals surface area (Å²) in [5.41, 5.74) is 2.55. The topological polar surface area (TPSA) is 52.6 Å². The molecule has 4 heteroatoms. The Morgan fingerprint density at radius 2 is 1.07 bits per heavy atom. The third-order valence-corrected chi connectivity index (χ3v) is 7.45. The van der Waals surface area contributed by atoms with Crippen LogP contribution in [0.2, 0.25) is 0 Å². The number of carbonyl (C=O) groups is 2. The van der Waals surface area contributed by atoms with Crippen LogP contribution in [0.1, 0.15) is 140 Å². The van der Waals surface area contributed by atoms with Crippen LogP contribution in [-0.4, -0.2) is 18.5 Å². The van der Waals surface area contributed by atoms with Crippen LogP contribution < -0.4 is 4.74 Å². The SMILES string of the molecule is CCCCCCCCCCCCCCCCCC(=O)Oc1ccc(-c2ccc(C(=O)OCCC(C)C)cc2)cc1.